The Hall–Kier alpha value is -1.49. The number of hydrogen-bond donors (Lipinski definition) is 1. The standard InChI is InChI=1S/C13H16F2N2O/c1-16-10-4-5-17(8-10)13(18)7-9-2-3-11(14)12(15)6-9/h2-3,6,10,16H,4-5,7-8H2,1H3. The molecule has 1 aliphatic heterocycles. The topological polar surface area (TPSA) is 32.3 Å². The van der Waals surface area contributed by atoms with Gasteiger partial charge in [-0.25, -0.2) is 8.78 Å². The lowest BCUT2D eigenvalue weighted by atomic mass is 10.1. The maximum Gasteiger partial charge on any atom is 0.227 e. The Morgan fingerprint density at radius 2 is 2.22 bits per heavy atom. The van der Waals surface area contributed by atoms with E-state index in [4.69, 9.17) is 0 Å². The Kier molecular flexibility index (Phi) is 3.91. The average Bonchev–Trinajstić information content (AvgIpc) is 2.82. The second kappa shape index (κ2) is 5.44. The normalized spacial score (nSPS) is 19.3. The monoisotopic (exact) mass is 254 g/mol. The van der Waals surface area contributed by atoms with E-state index < -0.39 is 11.6 Å². The largest absolute Gasteiger partial charge is 0.341 e. The molecule has 1 fully saturated rings. The van der Waals surface area contributed by atoms with Crippen molar-refractivity contribution >= 4 is 5.91 Å². The van der Waals surface area contributed by atoms with Crippen LogP contribution in [0.3, 0.4) is 0 Å². The molecule has 1 heterocycles. The maximum absolute atomic E-state index is 13.0. The molecule has 1 N–H and O–H groups in total. The number of nitrogens with zero attached hydrogens (tertiary/aromatic N) is 1. The summed E-state index contributed by atoms with van der Waals surface area (Å²) in [7, 11) is 1.87. The number of likely N-dealkylation sites (tertiary alicyclic amines) is 1. The minimum atomic E-state index is -0.908. The van der Waals surface area contributed by atoms with E-state index in [0.717, 1.165) is 18.6 Å². The molecule has 0 spiro atoms. The van der Waals surface area contributed by atoms with Gasteiger partial charge in [0.1, 0.15) is 0 Å². The third kappa shape index (κ3) is 2.85. The van der Waals surface area contributed by atoms with E-state index in [9.17, 15) is 13.6 Å². The highest BCUT2D eigenvalue weighted by molar-refractivity contribution is 5.79. The molecule has 1 saturated heterocycles. The number of carbonyl (C=O) groups excluding carboxylic acids is 1. The van der Waals surface area contributed by atoms with Gasteiger partial charge in [0, 0.05) is 19.1 Å². The fourth-order valence-electron chi connectivity index (χ4n) is 2.16. The van der Waals surface area contributed by atoms with Gasteiger partial charge in [-0.1, -0.05) is 6.07 Å². The number of carbonyl (C=O) groups is 1. The van der Waals surface area contributed by atoms with Crippen LogP contribution in [-0.2, 0) is 11.2 Å². The van der Waals surface area contributed by atoms with Crippen LogP contribution in [0.15, 0.2) is 18.2 Å². The summed E-state index contributed by atoms with van der Waals surface area (Å²) < 4.78 is 25.8. The molecule has 1 atom stereocenters. The van der Waals surface area contributed by atoms with Crippen LogP contribution >= 0.6 is 0 Å². The Labute approximate surface area is 105 Å². The predicted molar refractivity (Wildman–Crippen MR) is 64.1 cm³/mol. The lowest BCUT2D eigenvalue weighted by Gasteiger charge is -2.16. The smallest absolute Gasteiger partial charge is 0.227 e. The van der Waals surface area contributed by atoms with Gasteiger partial charge in [0.05, 0.1) is 6.42 Å². The third-order valence-corrected chi connectivity index (χ3v) is 3.29. The predicted octanol–water partition coefficient (Wildman–Crippen LogP) is 1.33. The second-order valence-corrected chi connectivity index (χ2v) is 4.54. The summed E-state index contributed by atoms with van der Waals surface area (Å²) in [4.78, 5) is 13.7. The molecule has 5 heteroatoms. The molecule has 3 nitrogen and oxygen atoms in total. The number of benzene rings is 1. The molecule has 0 aromatic heterocycles. The molecule has 1 aliphatic rings. The van der Waals surface area contributed by atoms with E-state index >= 15 is 0 Å². The number of likely N-dealkylation sites (N-methyl/N-ethyl adjacent to an activating group) is 1. The number of amides is 1. The van der Waals surface area contributed by atoms with E-state index in [1.165, 1.54) is 6.07 Å². The lowest BCUT2D eigenvalue weighted by Crippen LogP contribution is -2.34. The molecular weight excluding hydrogens is 238 g/mol. The van der Waals surface area contributed by atoms with Crippen LogP contribution < -0.4 is 5.32 Å². The summed E-state index contributed by atoms with van der Waals surface area (Å²) in [5, 5.41) is 3.13. The van der Waals surface area contributed by atoms with Gasteiger partial charge in [0.25, 0.3) is 0 Å². The van der Waals surface area contributed by atoms with Crippen molar-refractivity contribution in [2.45, 2.75) is 18.9 Å². The third-order valence-electron chi connectivity index (χ3n) is 3.29. The zero-order valence-corrected chi connectivity index (χ0v) is 10.2. The van der Waals surface area contributed by atoms with Gasteiger partial charge >= 0.3 is 0 Å². The molecule has 1 aromatic rings. The highest BCUT2D eigenvalue weighted by Crippen LogP contribution is 2.13. The van der Waals surface area contributed by atoms with Gasteiger partial charge < -0.3 is 10.2 Å². The van der Waals surface area contributed by atoms with Crippen molar-refractivity contribution in [3.05, 3.63) is 35.4 Å². The number of nitrogens with one attached hydrogen (secondary N) is 1. The van der Waals surface area contributed by atoms with Crippen LogP contribution in [0.4, 0.5) is 8.78 Å². The number of hydrogen-bond acceptors (Lipinski definition) is 2. The van der Waals surface area contributed by atoms with Crippen molar-refractivity contribution in [3.63, 3.8) is 0 Å². The molecule has 0 radical (unpaired) electrons. The first-order valence-electron chi connectivity index (χ1n) is 5.99. The van der Waals surface area contributed by atoms with Crippen LogP contribution in [0.1, 0.15) is 12.0 Å². The lowest BCUT2D eigenvalue weighted by molar-refractivity contribution is -0.129. The van der Waals surface area contributed by atoms with Gasteiger partial charge in [0.2, 0.25) is 5.91 Å². The zero-order valence-electron chi connectivity index (χ0n) is 10.2. The number of halogens is 2. The fourth-order valence-corrected chi connectivity index (χ4v) is 2.16. The Morgan fingerprint density at radius 1 is 1.44 bits per heavy atom. The maximum atomic E-state index is 13.0. The molecule has 0 aliphatic carbocycles. The van der Waals surface area contributed by atoms with Crippen LogP contribution in [0, 0.1) is 11.6 Å². The molecule has 1 aromatic carbocycles. The Balaban J connectivity index is 1.97. The van der Waals surface area contributed by atoms with E-state index in [-0.39, 0.29) is 12.3 Å². The summed E-state index contributed by atoms with van der Waals surface area (Å²) in [6.45, 7) is 1.40. The number of rotatable bonds is 3. The minimum absolute atomic E-state index is 0.0428. The van der Waals surface area contributed by atoms with Crippen LogP contribution in [0.5, 0.6) is 0 Å². The van der Waals surface area contributed by atoms with Crippen molar-refractivity contribution in [2.75, 3.05) is 20.1 Å². The molecule has 0 saturated carbocycles. The molecule has 0 bridgehead atoms. The first-order valence-corrected chi connectivity index (χ1v) is 5.99. The molecule has 1 unspecified atom stereocenters. The van der Waals surface area contributed by atoms with Crippen molar-refractivity contribution in [2.24, 2.45) is 0 Å². The summed E-state index contributed by atoms with van der Waals surface area (Å²) in [6, 6.07) is 3.91. The highest BCUT2D eigenvalue weighted by atomic mass is 19.2. The van der Waals surface area contributed by atoms with Crippen LogP contribution in [0.25, 0.3) is 0 Å². The summed E-state index contributed by atoms with van der Waals surface area (Å²) >= 11 is 0. The van der Waals surface area contributed by atoms with Crippen LogP contribution in [-0.4, -0.2) is 37.0 Å². The average molecular weight is 254 g/mol. The van der Waals surface area contributed by atoms with Crippen molar-refractivity contribution in [3.8, 4) is 0 Å². The van der Waals surface area contributed by atoms with E-state index in [0.29, 0.717) is 24.7 Å². The Bertz CT molecular complexity index is 451. The van der Waals surface area contributed by atoms with E-state index in [2.05, 4.69) is 5.32 Å². The summed E-state index contributed by atoms with van der Waals surface area (Å²) in [6.07, 6.45) is 1.05. The van der Waals surface area contributed by atoms with Gasteiger partial charge in [-0.2, -0.15) is 0 Å². The highest BCUT2D eigenvalue weighted by Gasteiger charge is 2.24. The molecule has 1 amide bonds. The molecule has 98 valence electrons. The van der Waals surface area contributed by atoms with E-state index in [1.54, 1.807) is 4.90 Å². The molecular formula is C13H16F2N2O. The van der Waals surface area contributed by atoms with Gasteiger partial charge in [-0.05, 0) is 31.2 Å². The first kappa shape index (κ1) is 13.0. The SMILES string of the molecule is CNC1CCN(C(=O)Cc2ccc(F)c(F)c2)C1. The van der Waals surface area contributed by atoms with Gasteiger partial charge in [0.15, 0.2) is 11.6 Å². The first-order chi connectivity index (χ1) is 8.60. The van der Waals surface area contributed by atoms with Crippen molar-refractivity contribution in [1.29, 1.82) is 0 Å². The second-order valence-electron chi connectivity index (χ2n) is 4.54. The molecule has 2 rings (SSSR count). The summed E-state index contributed by atoms with van der Waals surface area (Å²) in [5.41, 5.74) is 0.506. The van der Waals surface area contributed by atoms with Crippen molar-refractivity contribution in [1.82, 2.24) is 10.2 Å². The summed E-state index contributed by atoms with van der Waals surface area (Å²) in [5.74, 6) is -1.84. The fraction of sp³-hybridized carbons (Fsp3) is 0.462. The van der Waals surface area contributed by atoms with Gasteiger partial charge in [-0.3, -0.25) is 4.79 Å². The van der Waals surface area contributed by atoms with Crippen molar-refractivity contribution < 1.29 is 13.6 Å². The zero-order chi connectivity index (χ0) is 13.1. The minimum Gasteiger partial charge on any atom is -0.341 e. The Morgan fingerprint density at radius 3 is 2.83 bits per heavy atom. The van der Waals surface area contributed by atoms with Gasteiger partial charge in [-0.15, -0.1) is 0 Å². The molecule has 18 heavy (non-hydrogen) atoms. The van der Waals surface area contributed by atoms with E-state index in [1.807, 2.05) is 7.05 Å². The quantitative estimate of drug-likeness (QED) is 0.882. The van der Waals surface area contributed by atoms with Crippen LogP contribution in [0.2, 0.25) is 0 Å².